The molecule has 2 atom stereocenters. The van der Waals surface area contributed by atoms with Gasteiger partial charge in [0.2, 0.25) is 5.91 Å². The molecule has 0 aromatic heterocycles. The molecule has 21 heavy (non-hydrogen) atoms. The van der Waals surface area contributed by atoms with Gasteiger partial charge in [0, 0.05) is 12.6 Å². The Morgan fingerprint density at radius 1 is 1.33 bits per heavy atom. The molecule has 2 fully saturated rings. The molecule has 4 heteroatoms. The van der Waals surface area contributed by atoms with Crippen LogP contribution in [-0.2, 0) is 10.2 Å². The number of hydrogen-bond donors (Lipinski definition) is 1. The summed E-state index contributed by atoms with van der Waals surface area (Å²) < 4.78 is 0. The van der Waals surface area contributed by atoms with Gasteiger partial charge in [-0.05, 0) is 44.2 Å². The average Bonchev–Trinajstić information content (AvgIpc) is 2.80. The highest BCUT2D eigenvalue weighted by molar-refractivity contribution is 5.89. The largest absolute Gasteiger partial charge is 0.339 e. The molecule has 3 nitrogen and oxygen atoms in total. The average molecular weight is 309 g/mol. The number of carbonyl (C=O) groups is 1. The van der Waals surface area contributed by atoms with E-state index in [9.17, 15) is 4.79 Å². The predicted molar refractivity (Wildman–Crippen MR) is 87.6 cm³/mol. The van der Waals surface area contributed by atoms with Crippen molar-refractivity contribution in [3.8, 4) is 0 Å². The van der Waals surface area contributed by atoms with Gasteiger partial charge in [0.25, 0.3) is 0 Å². The van der Waals surface area contributed by atoms with Crippen molar-refractivity contribution in [3.63, 3.8) is 0 Å². The highest BCUT2D eigenvalue weighted by Gasteiger charge is 2.49. The van der Waals surface area contributed by atoms with Gasteiger partial charge in [-0.15, -0.1) is 12.4 Å². The quantitative estimate of drug-likeness (QED) is 0.933. The van der Waals surface area contributed by atoms with Crippen LogP contribution >= 0.6 is 12.4 Å². The second-order valence-corrected chi connectivity index (χ2v) is 6.45. The van der Waals surface area contributed by atoms with Gasteiger partial charge < -0.3 is 10.6 Å². The van der Waals surface area contributed by atoms with Gasteiger partial charge >= 0.3 is 0 Å². The molecule has 1 aliphatic heterocycles. The van der Waals surface area contributed by atoms with Crippen LogP contribution in [-0.4, -0.2) is 29.9 Å². The number of nitrogens with two attached hydrogens (primary N) is 1. The maximum atomic E-state index is 13.1. The van der Waals surface area contributed by atoms with E-state index in [4.69, 9.17) is 5.73 Å². The van der Waals surface area contributed by atoms with E-state index in [-0.39, 0.29) is 17.8 Å². The van der Waals surface area contributed by atoms with Crippen molar-refractivity contribution in [1.29, 1.82) is 0 Å². The molecular weight excluding hydrogens is 284 g/mol. The maximum Gasteiger partial charge on any atom is 0.233 e. The third-order valence-corrected chi connectivity index (χ3v) is 5.20. The fraction of sp³-hybridized carbons (Fsp3) is 0.588. The van der Waals surface area contributed by atoms with Crippen molar-refractivity contribution in [2.75, 3.05) is 13.1 Å². The lowest BCUT2D eigenvalue weighted by molar-refractivity contribution is -0.141. The number of hydrogen-bond acceptors (Lipinski definition) is 2. The van der Waals surface area contributed by atoms with Crippen LogP contribution in [0, 0.1) is 5.92 Å². The number of benzene rings is 1. The topological polar surface area (TPSA) is 46.3 Å². The van der Waals surface area contributed by atoms with Crippen LogP contribution in [0.1, 0.15) is 38.2 Å². The molecule has 2 aliphatic rings. The second kappa shape index (κ2) is 6.37. The van der Waals surface area contributed by atoms with Gasteiger partial charge in [0.1, 0.15) is 0 Å². The van der Waals surface area contributed by atoms with Crippen molar-refractivity contribution < 1.29 is 4.79 Å². The second-order valence-electron chi connectivity index (χ2n) is 6.45. The van der Waals surface area contributed by atoms with Gasteiger partial charge in [-0.3, -0.25) is 4.79 Å². The molecule has 1 heterocycles. The summed E-state index contributed by atoms with van der Waals surface area (Å²) in [5.41, 5.74) is 6.73. The first-order valence-electron chi connectivity index (χ1n) is 7.74. The van der Waals surface area contributed by atoms with E-state index in [0.717, 1.165) is 32.2 Å². The molecule has 0 radical (unpaired) electrons. The van der Waals surface area contributed by atoms with Crippen LogP contribution in [0.4, 0.5) is 0 Å². The molecule has 0 bridgehead atoms. The normalized spacial score (nSPS) is 26.9. The van der Waals surface area contributed by atoms with E-state index in [2.05, 4.69) is 24.0 Å². The van der Waals surface area contributed by atoms with E-state index < -0.39 is 0 Å². The summed E-state index contributed by atoms with van der Waals surface area (Å²) in [5.74, 6) is 0.806. The molecule has 1 aliphatic carbocycles. The van der Waals surface area contributed by atoms with E-state index in [1.807, 2.05) is 18.2 Å². The summed E-state index contributed by atoms with van der Waals surface area (Å²) in [7, 11) is 0. The Balaban J connectivity index is 0.00000161. The van der Waals surface area contributed by atoms with Crippen molar-refractivity contribution in [1.82, 2.24) is 4.90 Å². The highest BCUT2D eigenvalue weighted by Crippen LogP contribution is 2.46. The molecule has 2 unspecified atom stereocenters. The Bertz CT molecular complexity index is 487. The van der Waals surface area contributed by atoms with E-state index in [1.165, 1.54) is 5.56 Å². The van der Waals surface area contributed by atoms with Crippen LogP contribution in [0.2, 0.25) is 0 Å². The van der Waals surface area contributed by atoms with Gasteiger partial charge in [-0.1, -0.05) is 36.8 Å². The zero-order chi connectivity index (χ0) is 14.2. The number of nitrogens with zero attached hydrogens (tertiary/aromatic N) is 1. The van der Waals surface area contributed by atoms with Crippen molar-refractivity contribution >= 4 is 18.3 Å². The molecule has 1 aromatic carbocycles. The van der Waals surface area contributed by atoms with Crippen LogP contribution in [0.25, 0.3) is 0 Å². The number of likely N-dealkylation sites (tertiary alicyclic amines) is 1. The van der Waals surface area contributed by atoms with Crippen LogP contribution in [0.5, 0.6) is 0 Å². The maximum absolute atomic E-state index is 13.1. The Kier molecular flexibility index (Phi) is 4.95. The highest BCUT2D eigenvalue weighted by atomic mass is 35.5. The third kappa shape index (κ3) is 2.69. The van der Waals surface area contributed by atoms with Crippen LogP contribution in [0.3, 0.4) is 0 Å². The smallest absolute Gasteiger partial charge is 0.233 e. The van der Waals surface area contributed by atoms with E-state index in [0.29, 0.717) is 24.4 Å². The number of rotatable bonds is 3. The third-order valence-electron chi connectivity index (χ3n) is 5.20. The Morgan fingerprint density at radius 3 is 2.48 bits per heavy atom. The Morgan fingerprint density at radius 2 is 2.00 bits per heavy atom. The summed E-state index contributed by atoms with van der Waals surface area (Å²) in [5, 5.41) is 0. The molecule has 1 saturated heterocycles. The van der Waals surface area contributed by atoms with Crippen LogP contribution in [0.15, 0.2) is 30.3 Å². The SMILES string of the molecule is CC1CC(CN)CN1C(=O)C1(c2ccccc2)CCC1.Cl. The van der Waals surface area contributed by atoms with Crippen molar-refractivity contribution in [3.05, 3.63) is 35.9 Å². The Labute approximate surface area is 133 Å². The molecule has 1 saturated carbocycles. The standard InChI is InChI=1S/C17H24N2O.ClH/c1-13-10-14(11-18)12-19(13)16(20)17(8-5-9-17)15-6-3-2-4-7-15;/h2-4,6-7,13-14H,5,8-12,18H2,1H3;1H. The summed E-state index contributed by atoms with van der Waals surface area (Å²) in [6, 6.07) is 10.6. The van der Waals surface area contributed by atoms with Crippen molar-refractivity contribution in [2.45, 2.75) is 44.1 Å². The van der Waals surface area contributed by atoms with Gasteiger partial charge in [0.05, 0.1) is 5.41 Å². The zero-order valence-electron chi connectivity index (χ0n) is 12.6. The first-order valence-corrected chi connectivity index (χ1v) is 7.74. The molecule has 2 N–H and O–H groups in total. The minimum absolute atomic E-state index is 0. The van der Waals surface area contributed by atoms with Gasteiger partial charge in [0.15, 0.2) is 0 Å². The molecule has 116 valence electrons. The van der Waals surface area contributed by atoms with E-state index >= 15 is 0 Å². The zero-order valence-corrected chi connectivity index (χ0v) is 13.4. The minimum Gasteiger partial charge on any atom is -0.339 e. The fourth-order valence-corrected chi connectivity index (χ4v) is 3.78. The lowest BCUT2D eigenvalue weighted by Gasteiger charge is -2.44. The Hall–Kier alpha value is -1.06. The molecular formula is C17H25ClN2O. The summed E-state index contributed by atoms with van der Waals surface area (Å²) in [6.07, 6.45) is 4.19. The molecule has 0 spiro atoms. The first-order chi connectivity index (χ1) is 9.67. The number of halogens is 1. The van der Waals surface area contributed by atoms with Gasteiger partial charge in [-0.25, -0.2) is 0 Å². The van der Waals surface area contributed by atoms with Crippen LogP contribution < -0.4 is 5.73 Å². The lowest BCUT2D eigenvalue weighted by Crippen LogP contribution is -2.52. The lowest BCUT2D eigenvalue weighted by atomic mass is 9.63. The molecule has 3 rings (SSSR count). The summed E-state index contributed by atoms with van der Waals surface area (Å²) in [4.78, 5) is 15.2. The minimum atomic E-state index is -0.251. The van der Waals surface area contributed by atoms with Gasteiger partial charge in [-0.2, -0.15) is 0 Å². The monoisotopic (exact) mass is 308 g/mol. The first kappa shape index (κ1) is 16.3. The van der Waals surface area contributed by atoms with Crippen molar-refractivity contribution in [2.24, 2.45) is 11.7 Å². The summed E-state index contributed by atoms with van der Waals surface area (Å²) in [6.45, 7) is 3.68. The molecule has 1 aromatic rings. The predicted octanol–water partition coefficient (Wildman–Crippen LogP) is 2.73. The van der Waals surface area contributed by atoms with E-state index in [1.54, 1.807) is 0 Å². The number of carbonyl (C=O) groups excluding carboxylic acids is 1. The summed E-state index contributed by atoms with van der Waals surface area (Å²) >= 11 is 0. The number of amides is 1. The molecule has 1 amide bonds. The fourth-order valence-electron chi connectivity index (χ4n) is 3.78.